The third-order valence-electron chi connectivity index (χ3n) is 7.72. The smallest absolute Gasteiger partial charge is 0.305 e. The van der Waals surface area contributed by atoms with Crippen LogP contribution < -0.4 is 22.1 Å². The van der Waals surface area contributed by atoms with E-state index < -0.39 is 60.2 Å². The van der Waals surface area contributed by atoms with Gasteiger partial charge in [0.2, 0.25) is 23.6 Å². The van der Waals surface area contributed by atoms with Gasteiger partial charge in [-0.05, 0) is 41.3 Å². The molecule has 1 aromatic heterocycles. The van der Waals surface area contributed by atoms with Gasteiger partial charge < -0.3 is 37.1 Å². The van der Waals surface area contributed by atoms with E-state index in [-0.39, 0.29) is 12.8 Å². The fourth-order valence-electron chi connectivity index (χ4n) is 5.11. The van der Waals surface area contributed by atoms with Crippen LogP contribution in [0, 0.1) is 0 Å². The van der Waals surface area contributed by atoms with E-state index in [0.29, 0.717) is 0 Å². The molecule has 0 fully saturated rings. The summed E-state index contributed by atoms with van der Waals surface area (Å²) in [4.78, 5) is 67.7. The van der Waals surface area contributed by atoms with Gasteiger partial charge in [-0.2, -0.15) is 0 Å². The highest BCUT2D eigenvalue weighted by Gasteiger charge is 2.32. The minimum Gasteiger partial charge on any atom is -0.481 e. The highest BCUT2D eigenvalue weighted by Crippen LogP contribution is 2.21. The Balaban J connectivity index is 1.42. The number of aromatic nitrogens is 1. The van der Waals surface area contributed by atoms with Gasteiger partial charge in [-0.25, -0.2) is 0 Å². The Morgan fingerprint density at radius 1 is 0.841 bits per heavy atom. The molecule has 230 valence electrons. The molecule has 0 saturated carbocycles. The molecule has 12 heteroatoms. The van der Waals surface area contributed by atoms with Gasteiger partial charge in [-0.1, -0.05) is 60.7 Å². The van der Waals surface area contributed by atoms with Crippen molar-refractivity contribution in [3.05, 3.63) is 84.1 Å². The third-order valence-corrected chi connectivity index (χ3v) is 7.72. The molecule has 4 amide bonds. The van der Waals surface area contributed by atoms with Gasteiger partial charge in [0.05, 0.1) is 12.5 Å². The molecule has 0 aliphatic carbocycles. The second-order valence-electron chi connectivity index (χ2n) is 10.8. The van der Waals surface area contributed by atoms with E-state index in [9.17, 15) is 29.1 Å². The Morgan fingerprint density at radius 3 is 2.18 bits per heavy atom. The fourth-order valence-corrected chi connectivity index (χ4v) is 5.11. The first kappa shape index (κ1) is 31.7. The summed E-state index contributed by atoms with van der Waals surface area (Å²) < 4.78 is 0. The third kappa shape index (κ3) is 7.39. The summed E-state index contributed by atoms with van der Waals surface area (Å²) in [5, 5.41) is 17.1. The van der Waals surface area contributed by atoms with Crippen LogP contribution in [0.4, 0.5) is 0 Å². The number of carbonyl (C=O) groups is 5. The van der Waals surface area contributed by atoms with Crippen molar-refractivity contribution in [2.75, 3.05) is 7.05 Å². The second-order valence-corrected chi connectivity index (χ2v) is 10.8. The van der Waals surface area contributed by atoms with Crippen molar-refractivity contribution < 1.29 is 29.1 Å². The molecule has 0 spiro atoms. The number of nitrogens with one attached hydrogen (secondary N) is 3. The summed E-state index contributed by atoms with van der Waals surface area (Å²) in [5.41, 5.74) is 14.3. The molecular weight excluding hydrogens is 564 g/mol. The Hall–Kier alpha value is -5.23. The van der Waals surface area contributed by atoms with Crippen LogP contribution >= 0.6 is 0 Å². The van der Waals surface area contributed by atoms with Gasteiger partial charge in [0.15, 0.2) is 0 Å². The second kappa shape index (κ2) is 13.8. The molecule has 0 bridgehead atoms. The molecule has 0 saturated heterocycles. The zero-order valence-electron chi connectivity index (χ0n) is 24.4. The summed E-state index contributed by atoms with van der Waals surface area (Å²) in [5.74, 6) is -4.36. The van der Waals surface area contributed by atoms with Gasteiger partial charge in [0, 0.05) is 30.6 Å². The number of aliphatic carboxylic acids is 1. The Labute approximate surface area is 253 Å². The predicted molar refractivity (Wildman–Crippen MR) is 165 cm³/mol. The molecule has 44 heavy (non-hydrogen) atoms. The molecule has 4 aromatic rings. The van der Waals surface area contributed by atoms with Crippen molar-refractivity contribution >= 4 is 51.3 Å². The average molecular weight is 601 g/mol. The molecule has 0 unspecified atom stereocenters. The van der Waals surface area contributed by atoms with Gasteiger partial charge >= 0.3 is 5.97 Å². The SMILES string of the molecule is C[C@@H](C(=O)N[C@@H](CC(=O)O)C(=O)N[C@@H](Cc1cccc2ccccc12)C(N)=O)N(C)C(=O)[C@@H](N)Cc1c[nH]c2ccccc12. The first-order valence-corrected chi connectivity index (χ1v) is 14.1. The molecule has 12 nitrogen and oxygen atoms in total. The molecule has 4 rings (SSSR count). The van der Waals surface area contributed by atoms with Gasteiger partial charge in [-0.15, -0.1) is 0 Å². The monoisotopic (exact) mass is 600 g/mol. The van der Waals surface area contributed by atoms with Crippen LogP contribution in [0.25, 0.3) is 21.7 Å². The molecule has 8 N–H and O–H groups in total. The lowest BCUT2D eigenvalue weighted by Crippen LogP contribution is -2.57. The van der Waals surface area contributed by atoms with E-state index in [4.69, 9.17) is 11.5 Å². The number of primary amides is 1. The number of amides is 4. The molecule has 0 aliphatic rings. The Bertz CT molecular complexity index is 1700. The normalized spacial score (nSPS) is 13.9. The molecular formula is C32H36N6O6. The van der Waals surface area contributed by atoms with Crippen molar-refractivity contribution in [3.8, 4) is 0 Å². The maximum atomic E-state index is 13.2. The van der Waals surface area contributed by atoms with Gasteiger partial charge in [0.1, 0.15) is 18.1 Å². The van der Waals surface area contributed by atoms with Crippen molar-refractivity contribution in [2.24, 2.45) is 11.5 Å². The van der Waals surface area contributed by atoms with Crippen molar-refractivity contribution in [1.29, 1.82) is 0 Å². The number of nitrogens with two attached hydrogens (primary N) is 2. The number of carbonyl (C=O) groups excluding carboxylic acids is 4. The molecule has 0 radical (unpaired) electrons. The average Bonchev–Trinajstić information content (AvgIpc) is 3.41. The molecule has 4 atom stereocenters. The van der Waals surface area contributed by atoms with Crippen LogP contribution in [0.5, 0.6) is 0 Å². The van der Waals surface area contributed by atoms with E-state index >= 15 is 0 Å². The summed E-state index contributed by atoms with van der Waals surface area (Å²) in [6.07, 6.45) is 1.29. The number of fused-ring (bicyclic) bond motifs is 2. The van der Waals surface area contributed by atoms with Crippen LogP contribution in [-0.4, -0.2) is 75.8 Å². The number of rotatable bonds is 13. The topological polar surface area (TPSA) is 201 Å². The quantitative estimate of drug-likeness (QED) is 0.132. The largest absolute Gasteiger partial charge is 0.481 e. The molecule has 1 heterocycles. The number of hydrogen-bond acceptors (Lipinski definition) is 6. The summed E-state index contributed by atoms with van der Waals surface area (Å²) in [6, 6.07) is 15.9. The van der Waals surface area contributed by atoms with Gasteiger partial charge in [0.25, 0.3) is 0 Å². The number of carboxylic acid groups (broad SMARTS) is 1. The zero-order valence-corrected chi connectivity index (χ0v) is 24.4. The first-order valence-electron chi connectivity index (χ1n) is 14.1. The number of aromatic amines is 1. The van der Waals surface area contributed by atoms with Crippen molar-refractivity contribution in [3.63, 3.8) is 0 Å². The minimum atomic E-state index is -1.54. The lowest BCUT2D eigenvalue weighted by Gasteiger charge is -2.28. The number of likely N-dealkylation sites (N-methyl/N-ethyl adjacent to an activating group) is 1. The van der Waals surface area contributed by atoms with Crippen LogP contribution in [0.15, 0.2) is 72.9 Å². The predicted octanol–water partition coefficient (Wildman–Crippen LogP) is 1.21. The number of H-pyrrole nitrogens is 1. The number of para-hydroxylation sites is 1. The zero-order chi connectivity index (χ0) is 32.0. The summed E-state index contributed by atoms with van der Waals surface area (Å²) in [6.45, 7) is 1.44. The number of nitrogens with zero attached hydrogens (tertiary/aromatic N) is 1. The molecule has 0 aliphatic heterocycles. The minimum absolute atomic E-state index is 0.0537. The summed E-state index contributed by atoms with van der Waals surface area (Å²) in [7, 11) is 1.40. The molecule has 3 aromatic carbocycles. The van der Waals surface area contributed by atoms with E-state index in [1.165, 1.54) is 14.0 Å². The number of carboxylic acids is 1. The highest BCUT2D eigenvalue weighted by molar-refractivity contribution is 5.96. The first-order chi connectivity index (χ1) is 21.0. The van der Waals surface area contributed by atoms with Crippen LogP contribution in [0.1, 0.15) is 24.5 Å². The van der Waals surface area contributed by atoms with E-state index in [2.05, 4.69) is 15.6 Å². The lowest BCUT2D eigenvalue weighted by molar-refractivity contribution is -0.143. The number of hydrogen-bond donors (Lipinski definition) is 6. The lowest BCUT2D eigenvalue weighted by atomic mass is 9.98. The van der Waals surface area contributed by atoms with Crippen LogP contribution in [0.2, 0.25) is 0 Å². The van der Waals surface area contributed by atoms with Gasteiger partial charge in [-0.3, -0.25) is 24.0 Å². The fraction of sp³-hybridized carbons (Fsp3) is 0.281. The highest BCUT2D eigenvalue weighted by atomic mass is 16.4. The van der Waals surface area contributed by atoms with Crippen LogP contribution in [0.3, 0.4) is 0 Å². The van der Waals surface area contributed by atoms with Crippen molar-refractivity contribution in [1.82, 2.24) is 20.5 Å². The standard InChI is InChI=1S/C32H36N6O6/c1-18(38(2)32(44)24(33)14-21-17-35-25-13-6-5-12-23(21)25)30(42)37-27(16-28(39)40)31(43)36-26(29(34)41)15-20-10-7-9-19-8-3-4-11-22(19)20/h3-13,17-18,24,26-27,35H,14-16,33H2,1-2H3,(H2,34,41)(H,36,43)(H,37,42)(H,39,40)/t18-,24-,26-,27-/m0/s1. The maximum absolute atomic E-state index is 13.2. The summed E-state index contributed by atoms with van der Waals surface area (Å²) >= 11 is 0. The van der Waals surface area contributed by atoms with E-state index in [1.807, 2.05) is 60.7 Å². The van der Waals surface area contributed by atoms with Crippen LogP contribution in [-0.2, 0) is 36.8 Å². The van der Waals surface area contributed by atoms with E-state index in [1.54, 1.807) is 12.3 Å². The Kier molecular flexibility index (Phi) is 9.96. The number of benzene rings is 3. The maximum Gasteiger partial charge on any atom is 0.305 e. The Morgan fingerprint density at radius 2 is 1.48 bits per heavy atom. The van der Waals surface area contributed by atoms with E-state index in [0.717, 1.165) is 37.7 Å². The van der Waals surface area contributed by atoms with Crippen molar-refractivity contribution in [2.45, 2.75) is 50.4 Å².